The van der Waals surface area contributed by atoms with E-state index < -0.39 is 0 Å². The molecule has 1 heterocycles. The molecule has 0 spiro atoms. The fourth-order valence-corrected chi connectivity index (χ4v) is 2.44. The van der Waals surface area contributed by atoms with Crippen molar-refractivity contribution in [2.75, 3.05) is 0 Å². The molecule has 6 heteroatoms. The van der Waals surface area contributed by atoms with Gasteiger partial charge in [0.1, 0.15) is 0 Å². The first-order chi connectivity index (χ1) is 11.7. The molecule has 3 rings (SSSR count). The van der Waals surface area contributed by atoms with Gasteiger partial charge in [0.25, 0.3) is 0 Å². The molecule has 0 bridgehead atoms. The van der Waals surface area contributed by atoms with E-state index in [0.717, 1.165) is 15.6 Å². The molecule has 3 aromatic rings. The summed E-state index contributed by atoms with van der Waals surface area (Å²) in [6.07, 6.45) is 0.735. The molecule has 0 fully saturated rings. The molecule has 0 saturated heterocycles. The quantitative estimate of drug-likeness (QED) is 0.701. The predicted octanol–water partition coefficient (Wildman–Crippen LogP) is 3.75. The zero-order valence-corrected chi connectivity index (χ0v) is 14.5. The summed E-state index contributed by atoms with van der Waals surface area (Å²) in [5.74, 6) is 0.951. The highest BCUT2D eigenvalue weighted by Gasteiger charge is 2.10. The summed E-state index contributed by atoms with van der Waals surface area (Å²) in [6.45, 7) is 0.521. The molecule has 1 aromatic heterocycles. The van der Waals surface area contributed by atoms with Crippen LogP contribution < -0.4 is 5.32 Å². The average molecular weight is 386 g/mol. The molecule has 0 aliphatic carbocycles. The summed E-state index contributed by atoms with van der Waals surface area (Å²) >= 11 is 3.39. The summed E-state index contributed by atoms with van der Waals surface area (Å²) in [5.41, 5.74) is 1.95. The molecule has 5 nitrogen and oxygen atoms in total. The van der Waals surface area contributed by atoms with Crippen molar-refractivity contribution in [2.24, 2.45) is 0 Å². The lowest BCUT2D eigenvalue weighted by Crippen LogP contribution is -2.22. The number of aryl methyl sites for hydroxylation is 1. The molecule has 0 aliphatic rings. The number of nitrogens with zero attached hydrogens (tertiary/aromatic N) is 2. The maximum atomic E-state index is 11.9. The van der Waals surface area contributed by atoms with Crippen molar-refractivity contribution in [3.8, 4) is 11.4 Å². The van der Waals surface area contributed by atoms with Crippen molar-refractivity contribution in [3.63, 3.8) is 0 Å². The third kappa shape index (κ3) is 4.52. The van der Waals surface area contributed by atoms with Crippen LogP contribution in [0.15, 0.2) is 63.6 Å². The maximum Gasteiger partial charge on any atom is 0.227 e. The SMILES string of the molecule is O=C(CCc1nc(-c2ccc(Br)cc2)no1)NCc1ccccc1. The van der Waals surface area contributed by atoms with E-state index in [1.807, 2.05) is 54.6 Å². The predicted molar refractivity (Wildman–Crippen MR) is 94.0 cm³/mol. The number of hydrogen-bond acceptors (Lipinski definition) is 4. The standard InChI is InChI=1S/C18H16BrN3O2/c19-15-8-6-14(7-9-15)18-21-17(24-22-18)11-10-16(23)20-12-13-4-2-1-3-5-13/h1-9H,10-12H2,(H,20,23). The van der Waals surface area contributed by atoms with Crippen LogP contribution in [0.4, 0.5) is 0 Å². The number of halogens is 1. The van der Waals surface area contributed by atoms with E-state index in [4.69, 9.17) is 4.52 Å². The Balaban J connectivity index is 1.50. The topological polar surface area (TPSA) is 68.0 Å². The Morgan fingerprint density at radius 3 is 2.58 bits per heavy atom. The molecule has 0 atom stereocenters. The van der Waals surface area contributed by atoms with Gasteiger partial charge in [0.2, 0.25) is 17.6 Å². The highest BCUT2D eigenvalue weighted by Crippen LogP contribution is 2.19. The number of benzene rings is 2. The zero-order valence-electron chi connectivity index (χ0n) is 12.9. The van der Waals surface area contributed by atoms with Crippen LogP contribution >= 0.6 is 15.9 Å². The Labute approximate surface area is 148 Å². The second kappa shape index (κ2) is 7.88. The molecule has 122 valence electrons. The Morgan fingerprint density at radius 1 is 1.08 bits per heavy atom. The lowest BCUT2D eigenvalue weighted by atomic mass is 10.2. The number of nitrogens with one attached hydrogen (secondary N) is 1. The van der Waals surface area contributed by atoms with E-state index in [1.165, 1.54) is 0 Å². The Hall–Kier alpha value is -2.47. The Bertz CT molecular complexity index is 801. The van der Waals surface area contributed by atoms with Crippen LogP contribution in [0.2, 0.25) is 0 Å². The van der Waals surface area contributed by atoms with Gasteiger partial charge >= 0.3 is 0 Å². The van der Waals surface area contributed by atoms with Crippen LogP contribution in [0.5, 0.6) is 0 Å². The van der Waals surface area contributed by atoms with Gasteiger partial charge in [-0.1, -0.05) is 51.4 Å². The molecule has 24 heavy (non-hydrogen) atoms. The van der Waals surface area contributed by atoms with E-state index in [2.05, 4.69) is 31.4 Å². The first-order valence-electron chi connectivity index (χ1n) is 7.60. The highest BCUT2D eigenvalue weighted by atomic mass is 79.9. The summed E-state index contributed by atoms with van der Waals surface area (Å²) in [6, 6.07) is 17.4. The maximum absolute atomic E-state index is 11.9. The molecule has 0 unspecified atom stereocenters. The number of hydrogen-bond donors (Lipinski definition) is 1. The molecular formula is C18H16BrN3O2. The van der Waals surface area contributed by atoms with Crippen molar-refractivity contribution in [2.45, 2.75) is 19.4 Å². The van der Waals surface area contributed by atoms with E-state index in [0.29, 0.717) is 31.1 Å². The van der Waals surface area contributed by atoms with Gasteiger partial charge in [0.05, 0.1) is 0 Å². The number of carbonyl (C=O) groups excluding carboxylic acids is 1. The molecule has 1 N–H and O–H groups in total. The lowest BCUT2D eigenvalue weighted by molar-refractivity contribution is -0.121. The summed E-state index contributed by atoms with van der Waals surface area (Å²) in [5, 5.41) is 6.83. The van der Waals surface area contributed by atoms with Crippen LogP contribution in [0.1, 0.15) is 17.9 Å². The summed E-state index contributed by atoms with van der Waals surface area (Å²) in [4.78, 5) is 16.2. The van der Waals surface area contributed by atoms with Gasteiger partial charge in [-0.25, -0.2) is 0 Å². The first-order valence-corrected chi connectivity index (χ1v) is 8.39. The van der Waals surface area contributed by atoms with Crippen molar-refractivity contribution in [3.05, 3.63) is 70.5 Å². The molecule has 2 aromatic carbocycles. The molecular weight excluding hydrogens is 370 g/mol. The fraction of sp³-hybridized carbons (Fsp3) is 0.167. The van der Waals surface area contributed by atoms with Gasteiger partial charge in [-0.05, 0) is 29.8 Å². The first kappa shape index (κ1) is 16.4. The monoisotopic (exact) mass is 385 g/mol. The van der Waals surface area contributed by atoms with Crippen LogP contribution in [0, 0.1) is 0 Å². The van der Waals surface area contributed by atoms with Gasteiger partial charge in [-0.3, -0.25) is 4.79 Å². The second-order valence-electron chi connectivity index (χ2n) is 5.28. The largest absolute Gasteiger partial charge is 0.352 e. The minimum Gasteiger partial charge on any atom is -0.352 e. The van der Waals surface area contributed by atoms with Gasteiger partial charge in [-0.15, -0.1) is 0 Å². The normalized spacial score (nSPS) is 10.5. The number of amides is 1. The third-order valence-corrected chi connectivity index (χ3v) is 4.00. The van der Waals surface area contributed by atoms with Crippen LogP contribution in [-0.4, -0.2) is 16.0 Å². The van der Waals surface area contributed by atoms with Crippen molar-refractivity contribution in [1.82, 2.24) is 15.5 Å². The Morgan fingerprint density at radius 2 is 1.83 bits per heavy atom. The van der Waals surface area contributed by atoms with Crippen LogP contribution in [0.25, 0.3) is 11.4 Å². The molecule has 0 radical (unpaired) electrons. The number of aromatic nitrogens is 2. The number of carbonyl (C=O) groups is 1. The lowest BCUT2D eigenvalue weighted by Gasteiger charge is -2.03. The van der Waals surface area contributed by atoms with E-state index in [9.17, 15) is 4.79 Å². The zero-order chi connectivity index (χ0) is 16.8. The molecule has 0 saturated carbocycles. The van der Waals surface area contributed by atoms with Gasteiger partial charge in [-0.2, -0.15) is 4.98 Å². The average Bonchev–Trinajstić information content (AvgIpc) is 3.09. The molecule has 1 amide bonds. The van der Waals surface area contributed by atoms with Crippen molar-refractivity contribution >= 4 is 21.8 Å². The van der Waals surface area contributed by atoms with Gasteiger partial charge in [0, 0.05) is 29.4 Å². The smallest absolute Gasteiger partial charge is 0.227 e. The van der Waals surface area contributed by atoms with Gasteiger partial charge < -0.3 is 9.84 Å². The van der Waals surface area contributed by atoms with Crippen LogP contribution in [-0.2, 0) is 17.8 Å². The molecule has 0 aliphatic heterocycles. The van der Waals surface area contributed by atoms with Crippen molar-refractivity contribution in [1.29, 1.82) is 0 Å². The third-order valence-electron chi connectivity index (χ3n) is 3.47. The minimum atomic E-state index is -0.0396. The van der Waals surface area contributed by atoms with Crippen LogP contribution in [0.3, 0.4) is 0 Å². The second-order valence-corrected chi connectivity index (χ2v) is 6.20. The van der Waals surface area contributed by atoms with Gasteiger partial charge in [0.15, 0.2) is 0 Å². The Kier molecular flexibility index (Phi) is 5.38. The summed E-state index contributed by atoms with van der Waals surface area (Å²) < 4.78 is 6.20. The highest BCUT2D eigenvalue weighted by molar-refractivity contribution is 9.10. The minimum absolute atomic E-state index is 0.0396. The summed E-state index contributed by atoms with van der Waals surface area (Å²) in [7, 11) is 0. The van der Waals surface area contributed by atoms with Crippen molar-refractivity contribution < 1.29 is 9.32 Å². The van der Waals surface area contributed by atoms with E-state index in [-0.39, 0.29) is 5.91 Å². The van der Waals surface area contributed by atoms with E-state index in [1.54, 1.807) is 0 Å². The number of rotatable bonds is 6. The van der Waals surface area contributed by atoms with E-state index >= 15 is 0 Å². The fourth-order valence-electron chi connectivity index (χ4n) is 2.18.